The molecule has 0 aliphatic heterocycles. The Morgan fingerprint density at radius 3 is 2.74 bits per heavy atom. The number of amides is 1. The van der Waals surface area contributed by atoms with Crippen molar-refractivity contribution in [1.29, 1.82) is 0 Å². The highest BCUT2D eigenvalue weighted by Crippen LogP contribution is 2.24. The summed E-state index contributed by atoms with van der Waals surface area (Å²) in [7, 11) is 1.59. The monoisotopic (exact) mass is 384 g/mol. The van der Waals surface area contributed by atoms with Gasteiger partial charge in [-0.05, 0) is 43.6 Å². The first-order valence-corrected chi connectivity index (χ1v) is 8.02. The fourth-order valence-corrected chi connectivity index (χ4v) is 2.38. The van der Waals surface area contributed by atoms with Gasteiger partial charge in [0.25, 0.3) is 0 Å². The lowest BCUT2D eigenvalue weighted by molar-refractivity contribution is 0.0567. The Bertz CT molecular complexity index is 709. The third-order valence-corrected chi connectivity index (χ3v) is 3.51. The number of carbonyl (C=O) groups is 1. The van der Waals surface area contributed by atoms with E-state index in [1.165, 1.54) is 4.90 Å². The molecule has 2 aromatic rings. The molecule has 126 valence electrons. The molecule has 0 spiro atoms. The molecule has 0 bridgehead atoms. The van der Waals surface area contributed by atoms with E-state index in [-0.39, 0.29) is 0 Å². The molecule has 8 heteroatoms. The van der Waals surface area contributed by atoms with Crippen molar-refractivity contribution < 1.29 is 14.3 Å². The number of hydrogen-bond donors (Lipinski definition) is 0. The number of aromatic nitrogens is 3. The Kier molecular flexibility index (Phi) is 5.26. The molecule has 2 heterocycles. The summed E-state index contributed by atoms with van der Waals surface area (Å²) in [5.41, 5.74) is 0.833. The summed E-state index contributed by atoms with van der Waals surface area (Å²) in [6.07, 6.45) is 1.20. The summed E-state index contributed by atoms with van der Waals surface area (Å²) in [5, 5.41) is 4.28. The second kappa shape index (κ2) is 6.84. The van der Waals surface area contributed by atoms with Crippen molar-refractivity contribution >= 4 is 33.5 Å². The van der Waals surface area contributed by atoms with E-state index in [1.807, 2.05) is 27.7 Å². The summed E-state index contributed by atoms with van der Waals surface area (Å²) in [5.74, 6) is 0.588. The van der Waals surface area contributed by atoms with Crippen molar-refractivity contribution in [3.8, 4) is 0 Å². The highest BCUT2D eigenvalue weighted by molar-refractivity contribution is 9.10. The first kappa shape index (κ1) is 17.7. The maximum absolute atomic E-state index is 12.6. The van der Waals surface area contributed by atoms with Gasteiger partial charge in [-0.2, -0.15) is 9.61 Å². The number of halogens is 1. The number of fused-ring (bicyclic) bond motifs is 1. The van der Waals surface area contributed by atoms with Crippen LogP contribution in [0.5, 0.6) is 0 Å². The third-order valence-electron chi connectivity index (χ3n) is 2.95. The maximum atomic E-state index is 12.6. The van der Waals surface area contributed by atoms with Crippen LogP contribution >= 0.6 is 15.9 Å². The fourth-order valence-electron chi connectivity index (χ4n) is 2.03. The Balaban J connectivity index is 2.48. The van der Waals surface area contributed by atoms with E-state index in [0.29, 0.717) is 24.6 Å². The lowest BCUT2D eigenvalue weighted by atomic mass is 10.2. The van der Waals surface area contributed by atoms with Gasteiger partial charge >= 0.3 is 6.09 Å². The second-order valence-electron chi connectivity index (χ2n) is 6.11. The number of anilines is 1. The van der Waals surface area contributed by atoms with Gasteiger partial charge in [-0.1, -0.05) is 0 Å². The minimum Gasteiger partial charge on any atom is -0.443 e. The highest BCUT2D eigenvalue weighted by Gasteiger charge is 2.26. The Morgan fingerprint density at radius 1 is 1.43 bits per heavy atom. The predicted molar refractivity (Wildman–Crippen MR) is 90.9 cm³/mol. The zero-order valence-corrected chi connectivity index (χ0v) is 15.5. The van der Waals surface area contributed by atoms with E-state index < -0.39 is 11.7 Å². The van der Waals surface area contributed by atoms with Gasteiger partial charge in [-0.25, -0.2) is 9.78 Å². The largest absolute Gasteiger partial charge is 0.443 e. The highest BCUT2D eigenvalue weighted by atomic mass is 79.9. The summed E-state index contributed by atoms with van der Waals surface area (Å²) in [6.45, 7) is 8.09. The van der Waals surface area contributed by atoms with Crippen molar-refractivity contribution in [2.75, 3.05) is 25.2 Å². The van der Waals surface area contributed by atoms with Crippen LogP contribution in [0.1, 0.15) is 26.5 Å². The third kappa shape index (κ3) is 4.20. The molecule has 7 nitrogen and oxygen atoms in total. The first-order chi connectivity index (χ1) is 10.7. The van der Waals surface area contributed by atoms with Crippen molar-refractivity contribution in [2.45, 2.75) is 33.3 Å². The standard InChI is InChI=1S/C15H21BrN4O3/c1-10-8-12(20-13(18-10)11(16)9-17-20)19(6-7-22-5)14(21)23-15(2,3)4/h8-9H,6-7H2,1-5H3. The number of hydrogen-bond acceptors (Lipinski definition) is 5. The molecule has 0 atom stereocenters. The van der Waals surface area contributed by atoms with E-state index in [9.17, 15) is 4.79 Å². The van der Waals surface area contributed by atoms with Crippen LogP contribution < -0.4 is 4.90 Å². The van der Waals surface area contributed by atoms with Crippen LogP contribution in [0.15, 0.2) is 16.7 Å². The molecular formula is C15H21BrN4O3. The van der Waals surface area contributed by atoms with Gasteiger partial charge in [0.05, 0.1) is 23.8 Å². The van der Waals surface area contributed by atoms with Gasteiger partial charge < -0.3 is 9.47 Å². The molecule has 23 heavy (non-hydrogen) atoms. The number of ether oxygens (including phenoxy) is 2. The molecule has 2 rings (SSSR count). The lowest BCUT2D eigenvalue weighted by Crippen LogP contribution is -2.40. The van der Waals surface area contributed by atoms with Gasteiger partial charge in [0.1, 0.15) is 11.4 Å². The SMILES string of the molecule is COCCN(C(=O)OC(C)(C)C)c1cc(C)nc2c(Br)cnn12. The number of methoxy groups -OCH3 is 1. The Hall–Kier alpha value is -1.67. The molecule has 0 saturated heterocycles. The zero-order chi connectivity index (χ0) is 17.2. The average molecular weight is 385 g/mol. The van der Waals surface area contributed by atoms with Crippen molar-refractivity contribution in [3.05, 3.63) is 22.4 Å². The summed E-state index contributed by atoms with van der Waals surface area (Å²) >= 11 is 3.42. The average Bonchev–Trinajstić information content (AvgIpc) is 2.79. The Morgan fingerprint density at radius 2 is 2.13 bits per heavy atom. The fraction of sp³-hybridized carbons (Fsp3) is 0.533. The number of rotatable bonds is 4. The van der Waals surface area contributed by atoms with Crippen LogP contribution in [-0.4, -0.2) is 46.6 Å². The zero-order valence-electron chi connectivity index (χ0n) is 14.0. The molecule has 1 amide bonds. The molecule has 0 saturated carbocycles. The minimum atomic E-state index is -0.589. The van der Waals surface area contributed by atoms with Crippen molar-refractivity contribution in [3.63, 3.8) is 0 Å². The molecule has 2 aromatic heterocycles. The summed E-state index contributed by atoms with van der Waals surface area (Å²) < 4.78 is 13.0. The first-order valence-electron chi connectivity index (χ1n) is 7.23. The number of carbonyl (C=O) groups excluding carboxylic acids is 1. The van der Waals surface area contributed by atoms with E-state index in [2.05, 4.69) is 26.0 Å². The number of aryl methyl sites for hydroxylation is 1. The quantitative estimate of drug-likeness (QED) is 0.809. The molecule has 0 aromatic carbocycles. The molecular weight excluding hydrogens is 364 g/mol. The molecule has 0 unspecified atom stereocenters. The Labute approximate surface area is 143 Å². The van der Waals surface area contributed by atoms with Crippen LogP contribution in [-0.2, 0) is 9.47 Å². The van der Waals surface area contributed by atoms with Gasteiger partial charge in [-0.15, -0.1) is 0 Å². The lowest BCUT2D eigenvalue weighted by Gasteiger charge is -2.27. The topological polar surface area (TPSA) is 69.0 Å². The van der Waals surface area contributed by atoms with Crippen LogP contribution in [0.25, 0.3) is 5.65 Å². The van der Waals surface area contributed by atoms with Crippen LogP contribution in [0.3, 0.4) is 0 Å². The van der Waals surface area contributed by atoms with Gasteiger partial charge in [0.15, 0.2) is 5.65 Å². The van der Waals surface area contributed by atoms with Gasteiger partial charge in [-0.3, -0.25) is 4.90 Å². The summed E-state index contributed by atoms with van der Waals surface area (Å²) in [4.78, 5) is 18.5. The predicted octanol–water partition coefficient (Wildman–Crippen LogP) is 3.19. The molecule has 0 aliphatic carbocycles. The van der Waals surface area contributed by atoms with Crippen molar-refractivity contribution in [1.82, 2.24) is 14.6 Å². The number of nitrogens with zero attached hydrogens (tertiary/aromatic N) is 4. The van der Waals surface area contributed by atoms with Crippen LogP contribution in [0, 0.1) is 6.92 Å². The van der Waals surface area contributed by atoms with E-state index in [4.69, 9.17) is 9.47 Å². The van der Waals surface area contributed by atoms with Gasteiger partial charge in [0, 0.05) is 18.9 Å². The molecule has 0 N–H and O–H groups in total. The van der Waals surface area contributed by atoms with E-state index >= 15 is 0 Å². The molecule has 0 aliphatic rings. The normalized spacial score (nSPS) is 11.7. The van der Waals surface area contributed by atoms with E-state index in [0.717, 1.165) is 10.2 Å². The maximum Gasteiger partial charge on any atom is 0.416 e. The summed E-state index contributed by atoms with van der Waals surface area (Å²) in [6, 6.07) is 1.80. The second-order valence-corrected chi connectivity index (χ2v) is 6.96. The van der Waals surface area contributed by atoms with Crippen molar-refractivity contribution in [2.24, 2.45) is 0 Å². The molecule has 0 fully saturated rings. The van der Waals surface area contributed by atoms with Gasteiger partial charge in [0.2, 0.25) is 0 Å². The van der Waals surface area contributed by atoms with Crippen LogP contribution in [0.2, 0.25) is 0 Å². The minimum absolute atomic E-state index is 0.349. The molecule has 0 radical (unpaired) electrons. The smallest absolute Gasteiger partial charge is 0.416 e. The van der Waals surface area contributed by atoms with E-state index in [1.54, 1.807) is 23.9 Å². The van der Waals surface area contributed by atoms with Crippen LogP contribution in [0.4, 0.5) is 10.6 Å².